The number of hydrogen-bond donors (Lipinski definition) is 2. The lowest BCUT2D eigenvalue weighted by Gasteiger charge is -2.25. The van der Waals surface area contributed by atoms with E-state index in [1.165, 1.54) is 24.5 Å². The first-order valence-electron chi connectivity index (χ1n) is 9.34. The SMILES string of the molecule is CCOC(=O)c1cc(Nc2ncnc(N3CCCC3c3ccc(F)cc3)n2)n[nH]1. The lowest BCUT2D eigenvalue weighted by molar-refractivity contribution is 0.0519. The number of benzene rings is 1. The zero-order valence-electron chi connectivity index (χ0n) is 15.8. The smallest absolute Gasteiger partial charge is 0.356 e. The first-order valence-corrected chi connectivity index (χ1v) is 9.34. The van der Waals surface area contributed by atoms with Gasteiger partial charge in [0.25, 0.3) is 0 Å². The van der Waals surface area contributed by atoms with Crippen LogP contribution in [0.3, 0.4) is 0 Å². The number of aromatic amines is 1. The predicted molar refractivity (Wildman–Crippen MR) is 103 cm³/mol. The van der Waals surface area contributed by atoms with Crippen molar-refractivity contribution in [2.75, 3.05) is 23.4 Å². The van der Waals surface area contributed by atoms with Gasteiger partial charge in [-0.3, -0.25) is 5.10 Å². The molecule has 0 spiro atoms. The van der Waals surface area contributed by atoms with Crippen LogP contribution in [0.25, 0.3) is 0 Å². The number of rotatable bonds is 6. The number of nitrogens with zero attached hydrogens (tertiary/aromatic N) is 5. The van der Waals surface area contributed by atoms with E-state index >= 15 is 0 Å². The molecule has 4 rings (SSSR count). The molecular weight excluding hydrogens is 377 g/mol. The summed E-state index contributed by atoms with van der Waals surface area (Å²) in [6.45, 7) is 2.81. The van der Waals surface area contributed by atoms with Crippen LogP contribution in [0.1, 0.15) is 41.9 Å². The van der Waals surface area contributed by atoms with Gasteiger partial charge in [-0.15, -0.1) is 0 Å². The maximum absolute atomic E-state index is 13.3. The van der Waals surface area contributed by atoms with Crippen LogP contribution < -0.4 is 10.2 Å². The average Bonchev–Trinajstić information content (AvgIpc) is 3.39. The molecule has 9 nitrogen and oxygen atoms in total. The summed E-state index contributed by atoms with van der Waals surface area (Å²) in [6, 6.07) is 8.11. The molecule has 0 amide bonds. The van der Waals surface area contributed by atoms with Gasteiger partial charge in [0.15, 0.2) is 5.82 Å². The van der Waals surface area contributed by atoms with E-state index in [1.54, 1.807) is 19.1 Å². The van der Waals surface area contributed by atoms with Crippen molar-refractivity contribution in [3.8, 4) is 0 Å². The highest BCUT2D eigenvalue weighted by Crippen LogP contribution is 2.34. The van der Waals surface area contributed by atoms with Crippen LogP contribution >= 0.6 is 0 Å². The monoisotopic (exact) mass is 397 g/mol. The Hall–Kier alpha value is -3.56. The molecule has 29 heavy (non-hydrogen) atoms. The molecule has 1 aliphatic heterocycles. The number of H-pyrrole nitrogens is 1. The second-order valence-corrected chi connectivity index (χ2v) is 6.52. The molecule has 0 saturated carbocycles. The van der Waals surface area contributed by atoms with Gasteiger partial charge in [-0.25, -0.2) is 19.2 Å². The zero-order valence-corrected chi connectivity index (χ0v) is 15.8. The van der Waals surface area contributed by atoms with E-state index in [9.17, 15) is 9.18 Å². The predicted octanol–water partition coefficient (Wildman–Crippen LogP) is 3.00. The Balaban J connectivity index is 1.51. The van der Waals surface area contributed by atoms with E-state index in [2.05, 4.69) is 35.4 Å². The van der Waals surface area contributed by atoms with Crippen molar-refractivity contribution < 1.29 is 13.9 Å². The molecule has 2 N–H and O–H groups in total. The third-order valence-corrected chi connectivity index (χ3v) is 4.64. The Morgan fingerprint density at radius 2 is 2.17 bits per heavy atom. The van der Waals surface area contributed by atoms with E-state index < -0.39 is 5.97 Å². The second kappa shape index (κ2) is 8.21. The Kier molecular flexibility index (Phi) is 5.32. The van der Waals surface area contributed by atoms with Gasteiger partial charge in [0.1, 0.15) is 17.8 Å². The van der Waals surface area contributed by atoms with Crippen LogP contribution in [0.2, 0.25) is 0 Å². The summed E-state index contributed by atoms with van der Waals surface area (Å²) >= 11 is 0. The maximum Gasteiger partial charge on any atom is 0.356 e. The van der Waals surface area contributed by atoms with Crippen molar-refractivity contribution in [2.24, 2.45) is 0 Å². The summed E-state index contributed by atoms with van der Waals surface area (Å²) < 4.78 is 18.2. The van der Waals surface area contributed by atoms with E-state index in [-0.39, 0.29) is 24.2 Å². The summed E-state index contributed by atoms with van der Waals surface area (Å²) in [7, 11) is 0. The Morgan fingerprint density at radius 3 is 2.97 bits per heavy atom. The molecule has 10 heteroatoms. The zero-order chi connectivity index (χ0) is 20.2. The quantitative estimate of drug-likeness (QED) is 0.611. The third kappa shape index (κ3) is 4.15. The minimum atomic E-state index is -0.483. The fraction of sp³-hybridized carbons (Fsp3) is 0.316. The van der Waals surface area contributed by atoms with Crippen molar-refractivity contribution in [1.29, 1.82) is 0 Å². The maximum atomic E-state index is 13.3. The summed E-state index contributed by atoms with van der Waals surface area (Å²) in [5.74, 6) is 0.480. The first kappa shape index (κ1) is 18.8. The highest BCUT2D eigenvalue weighted by Gasteiger charge is 2.28. The molecule has 0 radical (unpaired) electrons. The number of halogens is 1. The third-order valence-electron chi connectivity index (χ3n) is 4.64. The van der Waals surface area contributed by atoms with Gasteiger partial charge in [-0.05, 0) is 37.5 Å². The van der Waals surface area contributed by atoms with Gasteiger partial charge in [0.2, 0.25) is 11.9 Å². The van der Waals surface area contributed by atoms with E-state index in [4.69, 9.17) is 4.74 Å². The number of ether oxygens (including phenoxy) is 1. The van der Waals surface area contributed by atoms with Gasteiger partial charge in [-0.2, -0.15) is 10.1 Å². The topological polar surface area (TPSA) is 109 Å². The van der Waals surface area contributed by atoms with E-state index in [0.717, 1.165) is 24.9 Å². The van der Waals surface area contributed by atoms with Gasteiger partial charge in [-0.1, -0.05) is 12.1 Å². The van der Waals surface area contributed by atoms with Gasteiger partial charge >= 0.3 is 5.97 Å². The van der Waals surface area contributed by atoms with Gasteiger partial charge < -0.3 is 15.0 Å². The highest BCUT2D eigenvalue weighted by molar-refractivity contribution is 5.88. The van der Waals surface area contributed by atoms with Crippen LogP contribution in [0.4, 0.5) is 22.1 Å². The highest BCUT2D eigenvalue weighted by atomic mass is 19.1. The van der Waals surface area contributed by atoms with Crippen LogP contribution in [-0.4, -0.2) is 44.3 Å². The molecule has 0 bridgehead atoms. The molecule has 0 aliphatic carbocycles. The molecule has 1 unspecified atom stereocenters. The summed E-state index contributed by atoms with van der Waals surface area (Å²) in [5.41, 5.74) is 1.25. The fourth-order valence-corrected chi connectivity index (χ4v) is 3.34. The lowest BCUT2D eigenvalue weighted by atomic mass is 10.0. The number of aromatic nitrogens is 5. The summed E-state index contributed by atoms with van der Waals surface area (Å²) in [4.78, 5) is 26.7. The molecule has 1 saturated heterocycles. The lowest BCUT2D eigenvalue weighted by Crippen LogP contribution is -2.25. The Morgan fingerprint density at radius 1 is 1.34 bits per heavy atom. The number of nitrogens with one attached hydrogen (secondary N) is 2. The van der Waals surface area contributed by atoms with Crippen molar-refractivity contribution in [3.63, 3.8) is 0 Å². The van der Waals surface area contributed by atoms with Crippen LogP contribution in [0.5, 0.6) is 0 Å². The molecule has 3 heterocycles. The van der Waals surface area contributed by atoms with E-state index in [1.807, 2.05) is 0 Å². The minimum absolute atomic E-state index is 0.0756. The molecule has 150 valence electrons. The van der Waals surface area contributed by atoms with Crippen molar-refractivity contribution in [2.45, 2.75) is 25.8 Å². The number of carbonyl (C=O) groups excluding carboxylic acids is 1. The molecule has 1 atom stereocenters. The normalized spacial score (nSPS) is 16.1. The van der Waals surface area contributed by atoms with Crippen LogP contribution in [-0.2, 0) is 4.74 Å². The molecular formula is C19H20FN7O2. The van der Waals surface area contributed by atoms with Crippen molar-refractivity contribution in [1.82, 2.24) is 25.1 Å². The fourth-order valence-electron chi connectivity index (χ4n) is 3.34. The van der Waals surface area contributed by atoms with Crippen LogP contribution in [0.15, 0.2) is 36.7 Å². The number of anilines is 3. The summed E-state index contributed by atoms with van der Waals surface area (Å²) in [6.07, 6.45) is 3.34. The van der Waals surface area contributed by atoms with E-state index in [0.29, 0.717) is 17.7 Å². The van der Waals surface area contributed by atoms with Crippen LogP contribution in [0, 0.1) is 5.82 Å². The average molecular weight is 397 g/mol. The molecule has 1 fully saturated rings. The number of hydrogen-bond acceptors (Lipinski definition) is 8. The Labute approximate surface area is 166 Å². The first-order chi connectivity index (χ1) is 14.1. The number of carbonyl (C=O) groups is 1. The van der Waals surface area contributed by atoms with Gasteiger partial charge in [0.05, 0.1) is 12.6 Å². The standard InChI is InChI=1S/C19H20FN7O2/c1-2-29-17(28)14-10-16(26-25-14)23-18-21-11-22-19(24-18)27-9-3-4-15(27)12-5-7-13(20)8-6-12/h5-8,10-11,15H,2-4,9H2,1H3,(H2,21,22,23,24,25,26). The number of esters is 1. The molecule has 2 aromatic heterocycles. The van der Waals surface area contributed by atoms with Gasteiger partial charge in [0, 0.05) is 12.6 Å². The minimum Gasteiger partial charge on any atom is -0.461 e. The Bertz CT molecular complexity index is 992. The van der Waals surface area contributed by atoms with Crippen molar-refractivity contribution in [3.05, 3.63) is 53.7 Å². The summed E-state index contributed by atoms with van der Waals surface area (Å²) in [5, 5.41) is 9.60. The molecule has 1 aliphatic rings. The largest absolute Gasteiger partial charge is 0.461 e. The van der Waals surface area contributed by atoms with Crippen molar-refractivity contribution >= 4 is 23.7 Å². The molecule has 1 aromatic carbocycles. The second-order valence-electron chi connectivity index (χ2n) is 6.52. The molecule has 3 aromatic rings.